The summed E-state index contributed by atoms with van der Waals surface area (Å²) in [5, 5.41) is 13.3. The van der Waals surface area contributed by atoms with E-state index in [1.165, 1.54) is 0 Å². The Balaban J connectivity index is 1.84. The molecule has 0 radical (unpaired) electrons. The molecule has 1 aromatic heterocycles. The highest BCUT2D eigenvalue weighted by molar-refractivity contribution is 6.00. The van der Waals surface area contributed by atoms with Crippen LogP contribution in [0.25, 0.3) is 10.9 Å². The van der Waals surface area contributed by atoms with Crippen molar-refractivity contribution >= 4 is 22.8 Å². The van der Waals surface area contributed by atoms with Gasteiger partial charge < -0.3 is 10.4 Å². The Bertz CT molecular complexity index is 749. The quantitative estimate of drug-likeness (QED) is 0.913. The van der Waals surface area contributed by atoms with Gasteiger partial charge in [0.2, 0.25) is 0 Å². The third kappa shape index (κ3) is 3.04. The van der Waals surface area contributed by atoms with E-state index in [1.54, 1.807) is 24.4 Å². The Morgan fingerprint density at radius 3 is 2.70 bits per heavy atom. The van der Waals surface area contributed by atoms with Crippen LogP contribution in [0.1, 0.15) is 43.0 Å². The van der Waals surface area contributed by atoms with Crippen LogP contribution >= 0.6 is 0 Å². The first-order valence-electron chi connectivity index (χ1n) is 7.91. The number of hydrogen-bond donors (Lipinski definition) is 2. The zero-order valence-electron chi connectivity index (χ0n) is 13.1. The van der Waals surface area contributed by atoms with Crippen molar-refractivity contribution in [3.05, 3.63) is 42.1 Å². The van der Waals surface area contributed by atoms with Crippen molar-refractivity contribution in [2.45, 2.75) is 38.1 Å². The van der Waals surface area contributed by atoms with E-state index >= 15 is 0 Å². The zero-order valence-corrected chi connectivity index (χ0v) is 13.1. The van der Waals surface area contributed by atoms with E-state index in [-0.39, 0.29) is 5.91 Å². The molecule has 5 nitrogen and oxygen atoms in total. The summed E-state index contributed by atoms with van der Waals surface area (Å²) in [6, 6.07) is 8.91. The third-order valence-electron chi connectivity index (χ3n) is 4.76. The molecule has 120 valence electrons. The molecule has 1 heterocycles. The zero-order chi connectivity index (χ0) is 16.4. The molecule has 5 heteroatoms. The minimum absolute atomic E-state index is 0.340. The summed E-state index contributed by atoms with van der Waals surface area (Å²) in [5.74, 6) is -0.779. The summed E-state index contributed by atoms with van der Waals surface area (Å²) in [4.78, 5) is 28.5. The van der Waals surface area contributed by atoms with E-state index in [0.717, 1.165) is 23.7 Å². The SMILES string of the molecule is CC1CCC(NC(=O)c2ccc3ncccc3c2)(C(=O)O)CC1. The Hall–Kier alpha value is -2.43. The van der Waals surface area contributed by atoms with E-state index < -0.39 is 11.5 Å². The average Bonchev–Trinajstić information content (AvgIpc) is 2.56. The third-order valence-corrected chi connectivity index (χ3v) is 4.76. The molecule has 1 fully saturated rings. The second-order valence-electron chi connectivity index (χ2n) is 6.43. The molecule has 0 saturated heterocycles. The maximum absolute atomic E-state index is 12.6. The number of rotatable bonds is 3. The Morgan fingerprint density at radius 1 is 1.26 bits per heavy atom. The highest BCUT2D eigenvalue weighted by Crippen LogP contribution is 2.32. The van der Waals surface area contributed by atoms with Gasteiger partial charge in [0.1, 0.15) is 5.54 Å². The van der Waals surface area contributed by atoms with Gasteiger partial charge in [0, 0.05) is 17.1 Å². The van der Waals surface area contributed by atoms with Crippen LogP contribution in [-0.4, -0.2) is 27.5 Å². The number of carbonyl (C=O) groups is 2. The molecule has 2 N–H and O–H groups in total. The minimum atomic E-state index is -1.15. The first kappa shape index (κ1) is 15.5. The van der Waals surface area contributed by atoms with Gasteiger partial charge in [0.15, 0.2) is 0 Å². The lowest BCUT2D eigenvalue weighted by Gasteiger charge is -2.36. The van der Waals surface area contributed by atoms with Crippen molar-refractivity contribution in [3.8, 4) is 0 Å². The first-order valence-corrected chi connectivity index (χ1v) is 7.91. The highest BCUT2D eigenvalue weighted by Gasteiger charge is 2.42. The lowest BCUT2D eigenvalue weighted by atomic mass is 9.77. The van der Waals surface area contributed by atoms with Crippen LogP contribution < -0.4 is 5.32 Å². The monoisotopic (exact) mass is 312 g/mol. The fourth-order valence-corrected chi connectivity index (χ4v) is 3.15. The molecular weight excluding hydrogens is 292 g/mol. The normalized spacial score (nSPS) is 24.3. The van der Waals surface area contributed by atoms with E-state index in [9.17, 15) is 14.7 Å². The molecule has 2 aromatic rings. The van der Waals surface area contributed by atoms with Crippen molar-refractivity contribution in [2.75, 3.05) is 0 Å². The number of pyridine rings is 1. The van der Waals surface area contributed by atoms with Gasteiger partial charge >= 0.3 is 5.97 Å². The topological polar surface area (TPSA) is 79.3 Å². The maximum Gasteiger partial charge on any atom is 0.329 e. The molecule has 1 amide bonds. The second-order valence-corrected chi connectivity index (χ2v) is 6.43. The number of carbonyl (C=O) groups excluding carboxylic acids is 1. The molecule has 0 unspecified atom stereocenters. The standard InChI is InChI=1S/C18H20N2O3/c1-12-6-8-18(9-7-12,17(22)23)20-16(21)14-4-5-15-13(11-14)3-2-10-19-15/h2-5,10-12H,6-9H2,1H3,(H,20,21)(H,22,23). The van der Waals surface area contributed by atoms with Gasteiger partial charge in [-0.2, -0.15) is 0 Å². The van der Waals surface area contributed by atoms with Crippen LogP contribution in [0.5, 0.6) is 0 Å². The van der Waals surface area contributed by atoms with Gasteiger partial charge in [-0.05, 0) is 55.9 Å². The lowest BCUT2D eigenvalue weighted by Crippen LogP contribution is -2.56. The number of benzene rings is 1. The number of carboxylic acids is 1. The summed E-state index contributed by atoms with van der Waals surface area (Å²) in [6.45, 7) is 2.12. The fourth-order valence-electron chi connectivity index (χ4n) is 3.15. The minimum Gasteiger partial charge on any atom is -0.480 e. The molecule has 1 aliphatic rings. The summed E-state index contributed by atoms with van der Waals surface area (Å²) >= 11 is 0. The van der Waals surface area contributed by atoms with Crippen molar-refractivity contribution in [1.29, 1.82) is 0 Å². The van der Waals surface area contributed by atoms with Crippen molar-refractivity contribution in [3.63, 3.8) is 0 Å². The molecule has 0 spiro atoms. The predicted molar refractivity (Wildman–Crippen MR) is 87.2 cm³/mol. The summed E-state index contributed by atoms with van der Waals surface area (Å²) in [6.07, 6.45) is 4.28. The van der Waals surface area contributed by atoms with Crippen LogP contribution in [0.4, 0.5) is 0 Å². The largest absolute Gasteiger partial charge is 0.480 e. The summed E-state index contributed by atoms with van der Waals surface area (Å²) in [7, 11) is 0. The van der Waals surface area contributed by atoms with Gasteiger partial charge in [0.25, 0.3) is 5.91 Å². The maximum atomic E-state index is 12.6. The van der Waals surface area contributed by atoms with E-state index in [4.69, 9.17) is 0 Å². The number of aromatic nitrogens is 1. The lowest BCUT2D eigenvalue weighted by molar-refractivity contribution is -0.146. The summed E-state index contributed by atoms with van der Waals surface area (Å²) in [5.41, 5.74) is 0.126. The van der Waals surface area contributed by atoms with Crippen molar-refractivity contribution < 1.29 is 14.7 Å². The molecule has 0 bridgehead atoms. The van der Waals surface area contributed by atoms with E-state index in [0.29, 0.717) is 24.3 Å². The molecule has 1 aromatic carbocycles. The number of amides is 1. The molecule has 0 atom stereocenters. The van der Waals surface area contributed by atoms with Gasteiger partial charge in [-0.15, -0.1) is 0 Å². The van der Waals surface area contributed by atoms with Gasteiger partial charge in [0.05, 0.1) is 5.52 Å². The Kier molecular flexibility index (Phi) is 4.03. The predicted octanol–water partition coefficient (Wildman–Crippen LogP) is 3.00. The number of nitrogens with one attached hydrogen (secondary N) is 1. The van der Waals surface area contributed by atoms with Crippen molar-refractivity contribution in [1.82, 2.24) is 10.3 Å². The van der Waals surface area contributed by atoms with E-state index in [2.05, 4.69) is 17.2 Å². The Labute approximate surface area is 134 Å². The van der Waals surface area contributed by atoms with Crippen LogP contribution in [0, 0.1) is 5.92 Å². The molecule has 1 aliphatic carbocycles. The number of carboxylic acid groups (broad SMARTS) is 1. The second kappa shape index (κ2) is 5.99. The van der Waals surface area contributed by atoms with Crippen LogP contribution in [0.3, 0.4) is 0 Å². The molecule has 1 saturated carbocycles. The number of aliphatic carboxylic acids is 1. The van der Waals surface area contributed by atoms with Gasteiger partial charge in [-0.3, -0.25) is 9.78 Å². The van der Waals surface area contributed by atoms with E-state index in [1.807, 2.05) is 12.1 Å². The Morgan fingerprint density at radius 2 is 2.00 bits per heavy atom. The fraction of sp³-hybridized carbons (Fsp3) is 0.389. The van der Waals surface area contributed by atoms with Gasteiger partial charge in [-0.25, -0.2) is 4.79 Å². The molecule has 23 heavy (non-hydrogen) atoms. The smallest absolute Gasteiger partial charge is 0.329 e. The number of nitrogens with zero attached hydrogens (tertiary/aromatic N) is 1. The molecule has 0 aliphatic heterocycles. The highest BCUT2D eigenvalue weighted by atomic mass is 16.4. The van der Waals surface area contributed by atoms with Gasteiger partial charge in [-0.1, -0.05) is 13.0 Å². The van der Waals surface area contributed by atoms with Crippen LogP contribution in [0.15, 0.2) is 36.5 Å². The molecule has 3 rings (SSSR count). The van der Waals surface area contributed by atoms with Crippen LogP contribution in [-0.2, 0) is 4.79 Å². The number of hydrogen-bond acceptors (Lipinski definition) is 3. The number of fused-ring (bicyclic) bond motifs is 1. The van der Waals surface area contributed by atoms with Crippen LogP contribution in [0.2, 0.25) is 0 Å². The first-order chi connectivity index (χ1) is 11.0. The molecular formula is C18H20N2O3. The van der Waals surface area contributed by atoms with Crippen molar-refractivity contribution in [2.24, 2.45) is 5.92 Å². The average molecular weight is 312 g/mol. The summed E-state index contributed by atoms with van der Waals surface area (Å²) < 4.78 is 0.